The van der Waals surface area contributed by atoms with Gasteiger partial charge in [-0.2, -0.15) is 0 Å². The molecular formula is C15H24N2O. The van der Waals surface area contributed by atoms with Crippen LogP contribution in [-0.2, 0) is 0 Å². The Bertz CT molecular complexity index is 390. The maximum Gasteiger partial charge on any atom is 0.319 e. The minimum Gasteiger partial charge on any atom is -0.338 e. The number of anilines is 1. The van der Waals surface area contributed by atoms with Crippen molar-refractivity contribution in [1.29, 1.82) is 0 Å². The molecule has 0 heterocycles. The van der Waals surface area contributed by atoms with Crippen LogP contribution in [0.5, 0.6) is 0 Å². The summed E-state index contributed by atoms with van der Waals surface area (Å²) < 4.78 is 0. The first-order valence-corrected chi connectivity index (χ1v) is 6.67. The van der Waals surface area contributed by atoms with E-state index in [1.165, 1.54) is 12.0 Å². The third kappa shape index (κ3) is 4.40. The number of unbranched alkanes of at least 4 members (excludes halogenated alkanes) is 2. The molecule has 0 unspecified atom stereocenters. The van der Waals surface area contributed by atoms with E-state index in [0.29, 0.717) is 0 Å². The number of carbonyl (C=O) groups excluding carboxylic acids is 1. The summed E-state index contributed by atoms with van der Waals surface area (Å²) in [6.07, 6.45) is 3.36. The molecule has 0 aliphatic carbocycles. The van der Waals surface area contributed by atoms with Gasteiger partial charge in [0.15, 0.2) is 0 Å². The summed E-state index contributed by atoms with van der Waals surface area (Å²) in [6.45, 7) is 9.00. The van der Waals surface area contributed by atoms with Gasteiger partial charge in [-0.3, -0.25) is 0 Å². The van der Waals surface area contributed by atoms with Crippen molar-refractivity contribution >= 4 is 11.7 Å². The third-order valence-corrected chi connectivity index (χ3v) is 2.98. The maximum absolute atomic E-state index is 11.7. The maximum atomic E-state index is 11.7. The van der Waals surface area contributed by atoms with E-state index in [0.717, 1.165) is 36.2 Å². The highest BCUT2D eigenvalue weighted by Crippen LogP contribution is 2.21. The molecule has 0 saturated carbocycles. The van der Waals surface area contributed by atoms with Gasteiger partial charge in [-0.25, -0.2) is 4.79 Å². The summed E-state index contributed by atoms with van der Waals surface area (Å²) in [5.41, 5.74) is 4.36. The molecule has 2 N–H and O–H groups in total. The zero-order chi connectivity index (χ0) is 13.5. The first-order chi connectivity index (χ1) is 8.54. The summed E-state index contributed by atoms with van der Waals surface area (Å²) in [7, 11) is 0. The minimum absolute atomic E-state index is 0.110. The highest BCUT2D eigenvalue weighted by molar-refractivity contribution is 5.91. The van der Waals surface area contributed by atoms with Gasteiger partial charge < -0.3 is 10.6 Å². The Kier molecular flexibility index (Phi) is 5.69. The molecule has 3 heteroatoms. The molecule has 0 radical (unpaired) electrons. The molecule has 0 bridgehead atoms. The second-order valence-electron chi connectivity index (χ2n) is 4.86. The van der Waals surface area contributed by atoms with Crippen LogP contribution in [0.25, 0.3) is 0 Å². The van der Waals surface area contributed by atoms with E-state index in [9.17, 15) is 4.79 Å². The van der Waals surface area contributed by atoms with Crippen molar-refractivity contribution in [2.24, 2.45) is 0 Å². The summed E-state index contributed by atoms with van der Waals surface area (Å²) >= 11 is 0. The van der Waals surface area contributed by atoms with Crippen LogP contribution in [0.3, 0.4) is 0 Å². The Hall–Kier alpha value is -1.51. The van der Waals surface area contributed by atoms with Crippen LogP contribution in [0.4, 0.5) is 10.5 Å². The largest absolute Gasteiger partial charge is 0.338 e. The molecule has 3 nitrogen and oxygen atoms in total. The van der Waals surface area contributed by atoms with Gasteiger partial charge in [0.25, 0.3) is 0 Å². The smallest absolute Gasteiger partial charge is 0.319 e. The fourth-order valence-corrected chi connectivity index (χ4v) is 2.11. The van der Waals surface area contributed by atoms with Gasteiger partial charge in [0.2, 0.25) is 0 Å². The average Bonchev–Trinajstić information content (AvgIpc) is 2.29. The Morgan fingerprint density at radius 2 is 1.72 bits per heavy atom. The van der Waals surface area contributed by atoms with Gasteiger partial charge in [-0.1, -0.05) is 37.5 Å². The molecule has 1 aromatic rings. The summed E-state index contributed by atoms with van der Waals surface area (Å²) in [5.74, 6) is 0. The van der Waals surface area contributed by atoms with Crippen molar-refractivity contribution in [3.05, 3.63) is 28.8 Å². The van der Waals surface area contributed by atoms with Crippen molar-refractivity contribution in [2.75, 3.05) is 11.9 Å². The molecule has 100 valence electrons. The number of urea groups is 1. The van der Waals surface area contributed by atoms with E-state index in [4.69, 9.17) is 0 Å². The zero-order valence-electron chi connectivity index (χ0n) is 11.9. The van der Waals surface area contributed by atoms with Crippen molar-refractivity contribution in [2.45, 2.75) is 47.0 Å². The van der Waals surface area contributed by atoms with Crippen LogP contribution < -0.4 is 10.6 Å². The fourth-order valence-electron chi connectivity index (χ4n) is 2.11. The molecule has 0 aliphatic rings. The second kappa shape index (κ2) is 7.04. The quantitative estimate of drug-likeness (QED) is 0.762. The van der Waals surface area contributed by atoms with Crippen LogP contribution in [0.1, 0.15) is 42.9 Å². The van der Waals surface area contributed by atoms with Crippen LogP contribution in [0.2, 0.25) is 0 Å². The third-order valence-electron chi connectivity index (χ3n) is 2.98. The highest BCUT2D eigenvalue weighted by atomic mass is 16.2. The molecule has 0 aliphatic heterocycles. The van der Waals surface area contributed by atoms with E-state index < -0.39 is 0 Å². The van der Waals surface area contributed by atoms with Crippen LogP contribution >= 0.6 is 0 Å². The normalized spacial score (nSPS) is 10.2. The van der Waals surface area contributed by atoms with E-state index in [-0.39, 0.29) is 6.03 Å². The predicted octanol–water partition coefficient (Wildman–Crippen LogP) is 3.92. The lowest BCUT2D eigenvalue weighted by molar-refractivity contribution is 0.252. The lowest BCUT2D eigenvalue weighted by atomic mass is 10.1. The SMILES string of the molecule is CCCCCNC(=O)Nc1c(C)cc(C)cc1C. The van der Waals surface area contributed by atoms with Gasteiger partial charge in [-0.15, -0.1) is 0 Å². The number of aryl methyl sites for hydroxylation is 3. The van der Waals surface area contributed by atoms with Crippen molar-refractivity contribution in [3.8, 4) is 0 Å². The topological polar surface area (TPSA) is 41.1 Å². The second-order valence-corrected chi connectivity index (χ2v) is 4.86. The average molecular weight is 248 g/mol. The summed E-state index contributed by atoms with van der Waals surface area (Å²) in [5, 5.41) is 5.82. The van der Waals surface area contributed by atoms with E-state index >= 15 is 0 Å². The Labute approximate surface area is 110 Å². The van der Waals surface area contributed by atoms with E-state index in [1.54, 1.807) is 0 Å². The van der Waals surface area contributed by atoms with Gasteiger partial charge in [0.1, 0.15) is 0 Å². The molecule has 18 heavy (non-hydrogen) atoms. The monoisotopic (exact) mass is 248 g/mol. The zero-order valence-corrected chi connectivity index (χ0v) is 11.9. The molecule has 2 amide bonds. The van der Waals surface area contributed by atoms with Crippen molar-refractivity contribution < 1.29 is 4.79 Å². The molecule has 0 spiro atoms. The van der Waals surface area contributed by atoms with Crippen molar-refractivity contribution in [3.63, 3.8) is 0 Å². The minimum atomic E-state index is -0.110. The number of amides is 2. The molecule has 1 rings (SSSR count). The fraction of sp³-hybridized carbons (Fsp3) is 0.533. The van der Waals surface area contributed by atoms with Crippen LogP contribution in [-0.4, -0.2) is 12.6 Å². The Morgan fingerprint density at radius 1 is 1.11 bits per heavy atom. The van der Waals surface area contributed by atoms with Crippen molar-refractivity contribution in [1.82, 2.24) is 5.32 Å². The van der Waals surface area contributed by atoms with Gasteiger partial charge in [0, 0.05) is 12.2 Å². The number of carbonyl (C=O) groups is 1. The molecular weight excluding hydrogens is 224 g/mol. The Balaban J connectivity index is 2.54. The summed E-state index contributed by atoms with van der Waals surface area (Å²) in [4.78, 5) is 11.7. The molecule has 0 fully saturated rings. The van der Waals surface area contributed by atoms with E-state index in [1.807, 2.05) is 13.8 Å². The van der Waals surface area contributed by atoms with Crippen LogP contribution in [0, 0.1) is 20.8 Å². The first kappa shape index (κ1) is 14.6. The lowest BCUT2D eigenvalue weighted by Crippen LogP contribution is -2.30. The lowest BCUT2D eigenvalue weighted by Gasteiger charge is -2.13. The standard InChI is InChI=1S/C15H24N2O/c1-5-6-7-8-16-15(18)17-14-12(3)9-11(2)10-13(14)4/h9-10H,5-8H2,1-4H3,(H2,16,17,18). The Morgan fingerprint density at radius 3 is 2.28 bits per heavy atom. The number of rotatable bonds is 5. The highest BCUT2D eigenvalue weighted by Gasteiger charge is 2.07. The van der Waals surface area contributed by atoms with Gasteiger partial charge in [0.05, 0.1) is 0 Å². The summed E-state index contributed by atoms with van der Waals surface area (Å²) in [6, 6.07) is 4.06. The molecule has 0 aromatic heterocycles. The van der Waals surface area contributed by atoms with Gasteiger partial charge >= 0.3 is 6.03 Å². The number of benzene rings is 1. The molecule has 1 aromatic carbocycles. The molecule has 0 saturated heterocycles. The number of hydrogen-bond donors (Lipinski definition) is 2. The number of hydrogen-bond acceptors (Lipinski definition) is 1. The van der Waals surface area contributed by atoms with Crippen LogP contribution in [0.15, 0.2) is 12.1 Å². The molecule has 0 atom stereocenters. The first-order valence-electron chi connectivity index (χ1n) is 6.67. The predicted molar refractivity (Wildman–Crippen MR) is 77.2 cm³/mol. The number of nitrogens with one attached hydrogen (secondary N) is 2. The van der Waals surface area contributed by atoms with Gasteiger partial charge in [-0.05, 0) is 38.3 Å². The van der Waals surface area contributed by atoms with E-state index in [2.05, 4.69) is 36.6 Å².